The van der Waals surface area contributed by atoms with Gasteiger partial charge in [-0.3, -0.25) is 38.9 Å². The summed E-state index contributed by atoms with van der Waals surface area (Å²) in [6.45, 7) is 6.39. The Morgan fingerprint density at radius 1 is 0.593 bits per heavy atom. The van der Waals surface area contributed by atoms with E-state index in [1.807, 2.05) is 24.3 Å². The number of aromatic nitrogens is 12. The van der Waals surface area contributed by atoms with Gasteiger partial charge in [-0.25, -0.2) is 14.4 Å². The Hall–Kier alpha value is -10.0. The summed E-state index contributed by atoms with van der Waals surface area (Å²) < 4.78 is 27.7. The predicted octanol–water partition coefficient (Wildman–Crippen LogP) is 5.80. The van der Waals surface area contributed by atoms with Crippen molar-refractivity contribution in [2.24, 2.45) is 7.05 Å². The molecule has 0 saturated carbocycles. The monoisotopic (exact) mass is 1090 g/mol. The molecule has 2 aliphatic heterocycles. The Morgan fingerprint density at radius 2 is 1.11 bits per heavy atom. The Labute approximate surface area is 460 Å². The smallest absolute Gasteiger partial charge is 0.272 e. The molecule has 408 valence electrons. The van der Waals surface area contributed by atoms with E-state index in [1.54, 1.807) is 102 Å². The number of nitrogens with zero attached hydrogens (tertiary/aromatic N) is 16. The molecule has 2 N–H and O–H groups in total. The second-order valence-corrected chi connectivity index (χ2v) is 19.7. The van der Waals surface area contributed by atoms with Crippen LogP contribution >= 0.6 is 0 Å². The van der Waals surface area contributed by atoms with Crippen molar-refractivity contribution in [3.8, 4) is 22.9 Å². The number of carbonyl (C=O) groups is 4. The van der Waals surface area contributed by atoms with Crippen molar-refractivity contribution in [2.45, 2.75) is 32.5 Å². The number of fused-ring (bicyclic) bond motifs is 2. The van der Waals surface area contributed by atoms with Crippen LogP contribution in [0.2, 0.25) is 0 Å². The molecule has 12 rings (SSSR count). The molecule has 6 aromatic heterocycles. The van der Waals surface area contributed by atoms with Crippen LogP contribution in [0.3, 0.4) is 0 Å². The van der Waals surface area contributed by atoms with E-state index in [2.05, 4.69) is 66.1 Å². The Kier molecular flexibility index (Phi) is 14.1. The van der Waals surface area contributed by atoms with Gasteiger partial charge in [0.25, 0.3) is 11.8 Å². The molecule has 2 fully saturated rings. The van der Waals surface area contributed by atoms with Gasteiger partial charge in [0.1, 0.15) is 34.3 Å². The normalized spacial score (nSPS) is 15.0. The van der Waals surface area contributed by atoms with Crippen molar-refractivity contribution in [1.82, 2.24) is 80.0 Å². The Balaban J connectivity index is 0.699. The van der Waals surface area contributed by atoms with E-state index >= 15 is 4.39 Å². The Bertz CT molecular complexity index is 3990. The first kappa shape index (κ1) is 51.7. The van der Waals surface area contributed by atoms with Gasteiger partial charge >= 0.3 is 0 Å². The fraction of sp³-hybridized carbons (Fsp3) is 0.250. The molecule has 0 spiro atoms. The molecule has 81 heavy (non-hydrogen) atoms. The lowest BCUT2D eigenvalue weighted by molar-refractivity contribution is -0.115. The average Bonchev–Trinajstić information content (AvgIpc) is 4.36. The van der Waals surface area contributed by atoms with E-state index in [9.17, 15) is 19.2 Å². The zero-order chi connectivity index (χ0) is 55.7. The largest absolute Gasteiger partial charge is 0.436 e. The van der Waals surface area contributed by atoms with E-state index in [0.717, 1.165) is 11.1 Å². The molecule has 24 nitrogen and oxygen atoms in total. The minimum atomic E-state index is -0.698. The minimum Gasteiger partial charge on any atom is -0.436 e. The fourth-order valence-electron chi connectivity index (χ4n) is 10.2. The van der Waals surface area contributed by atoms with Crippen LogP contribution in [0.5, 0.6) is 0 Å². The SMILES string of the molecule is CC(=O)Nc1ccc2oc(-c3ccnc(C(=O)N4CCN(C(c5ccc(Cn6nnc(C(c7ccccc7F)N7CCN(C(=O)c8cc(-c9nc%10cc(NC(C)=O)ccc%10o9)ccn8)CC7)n6)cc5)c5nnn(C)n5)CC4)c3)nc2c1. The molecule has 10 aromatic rings. The van der Waals surface area contributed by atoms with Crippen LogP contribution in [0.15, 0.2) is 130 Å². The van der Waals surface area contributed by atoms with Gasteiger partial charge in [-0.05, 0) is 88.3 Å². The molecule has 2 unspecified atom stereocenters. The van der Waals surface area contributed by atoms with Crippen molar-refractivity contribution in [3.63, 3.8) is 0 Å². The third-order valence-electron chi connectivity index (χ3n) is 14.1. The van der Waals surface area contributed by atoms with E-state index in [0.29, 0.717) is 126 Å². The molecule has 4 amide bonds. The number of hydrogen-bond acceptors (Lipinski definition) is 18. The molecule has 2 saturated heterocycles. The van der Waals surface area contributed by atoms with Gasteiger partial charge in [0.15, 0.2) is 22.8 Å². The molecule has 8 heterocycles. The molecule has 25 heteroatoms. The molecule has 0 radical (unpaired) electrons. The van der Waals surface area contributed by atoms with E-state index in [1.165, 1.54) is 35.7 Å². The number of piperazine rings is 2. The topological polar surface area (TPSA) is 270 Å². The maximum atomic E-state index is 15.7. The quantitative estimate of drug-likeness (QED) is 0.130. The molecule has 0 bridgehead atoms. The number of nitrogens with one attached hydrogen (secondary N) is 2. The summed E-state index contributed by atoms with van der Waals surface area (Å²) >= 11 is 0. The van der Waals surface area contributed by atoms with E-state index < -0.39 is 11.9 Å². The Morgan fingerprint density at radius 3 is 1.63 bits per heavy atom. The number of anilines is 2. The molecular weight excluding hydrogens is 1040 g/mol. The van der Waals surface area contributed by atoms with Crippen LogP contribution in [0.25, 0.3) is 45.1 Å². The third-order valence-corrected chi connectivity index (χ3v) is 14.1. The summed E-state index contributed by atoms with van der Waals surface area (Å²) in [6, 6.07) is 30.5. The number of hydrogen-bond donors (Lipinski definition) is 2. The number of tetrazole rings is 2. The van der Waals surface area contributed by atoms with Gasteiger partial charge in [-0.1, -0.05) is 42.5 Å². The molecule has 4 aromatic carbocycles. The number of pyridine rings is 2. The van der Waals surface area contributed by atoms with Gasteiger partial charge in [0, 0.05) is 107 Å². The lowest BCUT2D eigenvalue weighted by Crippen LogP contribution is -2.50. The fourth-order valence-corrected chi connectivity index (χ4v) is 10.2. The second-order valence-electron chi connectivity index (χ2n) is 19.7. The van der Waals surface area contributed by atoms with Crippen molar-refractivity contribution >= 4 is 57.2 Å². The van der Waals surface area contributed by atoms with E-state index in [4.69, 9.17) is 13.9 Å². The van der Waals surface area contributed by atoms with Crippen molar-refractivity contribution < 1.29 is 32.4 Å². The summed E-state index contributed by atoms with van der Waals surface area (Å²) in [7, 11) is 1.71. The van der Waals surface area contributed by atoms with Crippen molar-refractivity contribution in [2.75, 3.05) is 63.0 Å². The zero-order valence-corrected chi connectivity index (χ0v) is 44.0. The summed E-state index contributed by atoms with van der Waals surface area (Å²) in [5.41, 5.74) is 7.17. The van der Waals surface area contributed by atoms with Crippen molar-refractivity contribution in [3.05, 3.63) is 167 Å². The summed E-state index contributed by atoms with van der Waals surface area (Å²) in [6.07, 6.45) is 3.10. The van der Waals surface area contributed by atoms with Crippen LogP contribution in [0.4, 0.5) is 15.8 Å². The number of carbonyl (C=O) groups excluding carboxylic acids is 4. The lowest BCUT2D eigenvalue weighted by atomic mass is 10.0. The highest BCUT2D eigenvalue weighted by Gasteiger charge is 2.35. The van der Waals surface area contributed by atoms with E-state index in [-0.39, 0.29) is 47.6 Å². The highest BCUT2D eigenvalue weighted by Crippen LogP contribution is 2.33. The lowest BCUT2D eigenvalue weighted by Gasteiger charge is -2.38. The van der Waals surface area contributed by atoms with Crippen LogP contribution in [0, 0.1) is 5.82 Å². The predicted molar refractivity (Wildman–Crippen MR) is 290 cm³/mol. The van der Waals surface area contributed by atoms with Gasteiger partial charge in [0.05, 0.1) is 19.6 Å². The maximum Gasteiger partial charge on any atom is 0.272 e. The van der Waals surface area contributed by atoms with Gasteiger partial charge in [-0.2, -0.15) is 9.59 Å². The maximum absolute atomic E-state index is 15.7. The first-order chi connectivity index (χ1) is 39.3. The standard InChI is InChI=1S/C56H51FN18O6/c1-33(76)60-39-12-14-47-43(30-39)62-53(80-47)37-16-18-58-45(28-37)55(78)73-24-20-71(21-25-73)49(51-64-68-70(3)66-51)36-10-8-35(9-11-36)32-75-67-52(65-69-75)50(41-6-4-5-7-42(41)57)72-22-26-74(27-23-72)56(79)46-29-38(17-19-59-46)54-63-44-31-40(61-34(2)77)13-15-48(44)81-54/h4-19,28-31,49-50H,20-27,32H2,1-3H3,(H,60,76)(H,61,77). The number of aryl methyl sites for hydroxylation is 1. The molecule has 2 atom stereocenters. The summed E-state index contributed by atoms with van der Waals surface area (Å²) in [4.78, 5) is 79.7. The third kappa shape index (κ3) is 11.1. The van der Waals surface area contributed by atoms with Crippen LogP contribution in [-0.2, 0) is 23.2 Å². The van der Waals surface area contributed by atoms with Gasteiger partial charge < -0.3 is 29.3 Å². The number of amides is 4. The van der Waals surface area contributed by atoms with Gasteiger partial charge in [0.2, 0.25) is 23.6 Å². The zero-order valence-electron chi connectivity index (χ0n) is 44.0. The number of benzene rings is 4. The van der Waals surface area contributed by atoms with Crippen LogP contribution in [0.1, 0.15) is 75.2 Å². The first-order valence-electron chi connectivity index (χ1n) is 26.1. The minimum absolute atomic E-state index is 0.196. The highest BCUT2D eigenvalue weighted by molar-refractivity contribution is 5.95. The number of rotatable bonds is 14. The summed E-state index contributed by atoms with van der Waals surface area (Å²) in [5, 5.41) is 32.3. The molecule has 2 aliphatic rings. The van der Waals surface area contributed by atoms with Crippen molar-refractivity contribution in [1.29, 1.82) is 0 Å². The molecular formula is C56H51FN18O6. The number of halogens is 1. The van der Waals surface area contributed by atoms with Crippen LogP contribution < -0.4 is 10.6 Å². The van der Waals surface area contributed by atoms with Crippen LogP contribution in [-0.4, -0.2) is 156 Å². The van der Waals surface area contributed by atoms with Gasteiger partial charge in [-0.15, -0.1) is 20.4 Å². The summed E-state index contributed by atoms with van der Waals surface area (Å²) in [5.74, 6) is 0.137. The average molecular weight is 1090 g/mol. The number of oxazole rings is 2. The highest BCUT2D eigenvalue weighted by atomic mass is 19.1. The second kappa shape index (κ2) is 22.0. The molecule has 0 aliphatic carbocycles. The first-order valence-corrected chi connectivity index (χ1v) is 26.1.